The first-order chi connectivity index (χ1) is 12.1. The molecule has 0 radical (unpaired) electrons. The van der Waals surface area contributed by atoms with Gasteiger partial charge in [0.25, 0.3) is 0 Å². The summed E-state index contributed by atoms with van der Waals surface area (Å²) in [5, 5.41) is 17.4. The van der Waals surface area contributed by atoms with Crippen LogP contribution < -0.4 is 5.32 Å². The van der Waals surface area contributed by atoms with Crippen LogP contribution in [0.15, 0.2) is 48.1 Å². The minimum Gasteiger partial charge on any atom is -0.388 e. The van der Waals surface area contributed by atoms with Crippen molar-refractivity contribution in [2.45, 2.75) is 44.9 Å². The van der Waals surface area contributed by atoms with E-state index in [9.17, 15) is 9.50 Å². The van der Waals surface area contributed by atoms with Crippen molar-refractivity contribution in [3.63, 3.8) is 0 Å². The standard InChI is InChI=1S/C20H23FN2OS/c1-14(3-2-4-19(24)18-10-20(21)25-13-18)23-11-15-5-6-17-12-22-8-7-16(17)9-15/h5-10,12-14,19,23-24H,2-4,11H2,1H3/t14-,19?/m1/s1. The van der Waals surface area contributed by atoms with Crippen LogP contribution in [0.1, 0.15) is 43.4 Å². The Hall–Kier alpha value is -1.82. The van der Waals surface area contributed by atoms with E-state index in [0.717, 1.165) is 36.1 Å². The molecule has 0 saturated carbocycles. The van der Waals surface area contributed by atoms with Crippen molar-refractivity contribution in [1.29, 1.82) is 0 Å². The molecule has 3 aromatic rings. The molecule has 2 N–H and O–H groups in total. The summed E-state index contributed by atoms with van der Waals surface area (Å²) in [6.45, 7) is 2.97. The lowest BCUT2D eigenvalue weighted by molar-refractivity contribution is 0.162. The Balaban J connectivity index is 1.42. The molecule has 2 atom stereocenters. The van der Waals surface area contributed by atoms with Crippen LogP contribution in [0.5, 0.6) is 0 Å². The molecular weight excluding hydrogens is 335 g/mol. The summed E-state index contributed by atoms with van der Waals surface area (Å²) in [7, 11) is 0. The van der Waals surface area contributed by atoms with Crippen molar-refractivity contribution in [3.05, 3.63) is 64.4 Å². The molecule has 0 bridgehead atoms. The Bertz CT molecular complexity index is 820. The predicted octanol–water partition coefficient (Wildman–Crippen LogP) is 4.82. The first-order valence-corrected chi connectivity index (χ1v) is 9.48. The molecular formula is C20H23FN2OS. The molecule has 1 aromatic carbocycles. The second-order valence-corrected chi connectivity index (χ2v) is 7.33. The van der Waals surface area contributed by atoms with Gasteiger partial charge in [0.05, 0.1) is 6.10 Å². The maximum Gasteiger partial charge on any atom is 0.176 e. The number of rotatable bonds is 8. The van der Waals surface area contributed by atoms with Crippen LogP contribution in [0.3, 0.4) is 0 Å². The highest BCUT2D eigenvalue weighted by molar-refractivity contribution is 7.08. The molecule has 2 heterocycles. The lowest BCUT2D eigenvalue weighted by atomic mass is 10.0. The van der Waals surface area contributed by atoms with Crippen LogP contribution in [0.25, 0.3) is 10.8 Å². The summed E-state index contributed by atoms with van der Waals surface area (Å²) in [6.07, 6.45) is 5.65. The number of hydrogen-bond donors (Lipinski definition) is 2. The van der Waals surface area contributed by atoms with E-state index in [-0.39, 0.29) is 5.13 Å². The molecule has 132 valence electrons. The molecule has 0 aliphatic rings. The number of hydrogen-bond acceptors (Lipinski definition) is 4. The van der Waals surface area contributed by atoms with Crippen LogP contribution >= 0.6 is 11.3 Å². The molecule has 0 aliphatic heterocycles. The Morgan fingerprint density at radius 2 is 2.08 bits per heavy atom. The minimum absolute atomic E-state index is 0.241. The van der Waals surface area contributed by atoms with Gasteiger partial charge in [-0.05, 0) is 66.3 Å². The number of nitrogens with zero attached hydrogens (tertiary/aromatic N) is 1. The second-order valence-electron chi connectivity index (χ2n) is 6.47. The first-order valence-electron chi connectivity index (χ1n) is 8.60. The maximum absolute atomic E-state index is 13.0. The van der Waals surface area contributed by atoms with Crippen molar-refractivity contribution < 1.29 is 9.50 Å². The summed E-state index contributed by atoms with van der Waals surface area (Å²) < 4.78 is 13.0. The quantitative estimate of drug-likeness (QED) is 0.607. The minimum atomic E-state index is -0.568. The molecule has 0 amide bonds. The van der Waals surface area contributed by atoms with Crippen LogP contribution in [0.4, 0.5) is 4.39 Å². The summed E-state index contributed by atoms with van der Waals surface area (Å²) in [5.74, 6) is 0. The topological polar surface area (TPSA) is 45.1 Å². The first kappa shape index (κ1) is 18.0. The Morgan fingerprint density at radius 3 is 2.88 bits per heavy atom. The van der Waals surface area contributed by atoms with Crippen LogP contribution in [0.2, 0.25) is 0 Å². The fraction of sp³-hybridized carbons (Fsp3) is 0.350. The number of nitrogens with one attached hydrogen (secondary N) is 1. The number of halogens is 1. The van der Waals surface area contributed by atoms with Crippen molar-refractivity contribution in [2.24, 2.45) is 0 Å². The third kappa shape index (κ3) is 5.08. The van der Waals surface area contributed by atoms with E-state index in [1.54, 1.807) is 5.38 Å². The SMILES string of the molecule is C[C@H](CCCC(O)c1csc(F)c1)NCc1ccc2cnccc2c1. The van der Waals surface area contributed by atoms with Gasteiger partial charge in [-0.25, -0.2) is 0 Å². The summed E-state index contributed by atoms with van der Waals surface area (Å²) in [4.78, 5) is 4.13. The predicted molar refractivity (Wildman–Crippen MR) is 101 cm³/mol. The fourth-order valence-electron chi connectivity index (χ4n) is 2.92. The summed E-state index contributed by atoms with van der Waals surface area (Å²) >= 11 is 1.04. The number of fused-ring (bicyclic) bond motifs is 1. The molecule has 25 heavy (non-hydrogen) atoms. The van der Waals surface area contributed by atoms with E-state index in [4.69, 9.17) is 0 Å². The van der Waals surface area contributed by atoms with Crippen LogP contribution in [-0.4, -0.2) is 16.1 Å². The van der Waals surface area contributed by atoms with Gasteiger partial charge in [-0.1, -0.05) is 12.1 Å². The zero-order valence-electron chi connectivity index (χ0n) is 14.3. The van der Waals surface area contributed by atoms with E-state index in [1.165, 1.54) is 17.0 Å². The van der Waals surface area contributed by atoms with Crippen molar-refractivity contribution in [3.8, 4) is 0 Å². The van der Waals surface area contributed by atoms with Crippen molar-refractivity contribution >= 4 is 22.1 Å². The van der Waals surface area contributed by atoms with E-state index in [1.807, 2.05) is 18.5 Å². The van der Waals surface area contributed by atoms with Crippen molar-refractivity contribution in [1.82, 2.24) is 10.3 Å². The highest BCUT2D eigenvalue weighted by Gasteiger charge is 2.11. The van der Waals surface area contributed by atoms with Gasteiger partial charge >= 0.3 is 0 Å². The van der Waals surface area contributed by atoms with Gasteiger partial charge in [-0.2, -0.15) is 4.39 Å². The molecule has 0 aliphatic carbocycles. The van der Waals surface area contributed by atoms with Gasteiger partial charge < -0.3 is 10.4 Å². The number of aromatic nitrogens is 1. The second kappa shape index (κ2) is 8.52. The molecule has 3 nitrogen and oxygen atoms in total. The number of benzene rings is 1. The Kier molecular flexibility index (Phi) is 6.13. The van der Waals surface area contributed by atoms with Gasteiger partial charge in [0.2, 0.25) is 0 Å². The van der Waals surface area contributed by atoms with Gasteiger partial charge in [0, 0.05) is 30.4 Å². The summed E-state index contributed by atoms with van der Waals surface area (Å²) in [5.41, 5.74) is 1.94. The smallest absolute Gasteiger partial charge is 0.176 e. The van der Waals surface area contributed by atoms with E-state index in [0.29, 0.717) is 18.0 Å². The molecule has 5 heteroatoms. The van der Waals surface area contributed by atoms with Crippen LogP contribution in [-0.2, 0) is 6.54 Å². The van der Waals surface area contributed by atoms with Gasteiger partial charge in [-0.3, -0.25) is 4.98 Å². The average Bonchev–Trinajstić information content (AvgIpc) is 3.06. The van der Waals surface area contributed by atoms with E-state index in [2.05, 4.69) is 35.4 Å². The summed E-state index contributed by atoms with van der Waals surface area (Å²) in [6, 6.07) is 10.2. The monoisotopic (exact) mass is 358 g/mol. The fourth-order valence-corrected chi connectivity index (χ4v) is 3.60. The zero-order chi connectivity index (χ0) is 17.6. The Morgan fingerprint density at radius 1 is 1.20 bits per heavy atom. The van der Waals surface area contributed by atoms with Crippen molar-refractivity contribution in [2.75, 3.05) is 0 Å². The lowest BCUT2D eigenvalue weighted by Crippen LogP contribution is -2.25. The third-order valence-corrected chi connectivity index (χ3v) is 5.18. The van der Waals surface area contributed by atoms with E-state index < -0.39 is 6.10 Å². The molecule has 3 rings (SSSR count). The molecule has 2 aromatic heterocycles. The van der Waals surface area contributed by atoms with E-state index >= 15 is 0 Å². The normalized spacial score (nSPS) is 13.9. The molecule has 1 unspecified atom stereocenters. The van der Waals surface area contributed by atoms with Gasteiger partial charge in [-0.15, -0.1) is 11.3 Å². The number of pyridine rings is 1. The number of thiophene rings is 1. The zero-order valence-corrected chi connectivity index (χ0v) is 15.1. The average molecular weight is 358 g/mol. The van der Waals surface area contributed by atoms with Crippen LogP contribution in [0, 0.1) is 5.13 Å². The number of aliphatic hydroxyl groups excluding tert-OH is 1. The molecule has 0 fully saturated rings. The highest BCUT2D eigenvalue weighted by atomic mass is 32.1. The van der Waals surface area contributed by atoms with Gasteiger partial charge in [0.1, 0.15) is 0 Å². The highest BCUT2D eigenvalue weighted by Crippen LogP contribution is 2.24. The lowest BCUT2D eigenvalue weighted by Gasteiger charge is -2.15. The molecule has 0 spiro atoms. The third-order valence-electron chi connectivity index (χ3n) is 4.45. The largest absolute Gasteiger partial charge is 0.388 e. The molecule has 0 saturated heterocycles. The van der Waals surface area contributed by atoms with Gasteiger partial charge in [0.15, 0.2) is 5.13 Å². The maximum atomic E-state index is 13.0. The Labute approximate surface area is 151 Å². The number of aliphatic hydroxyl groups is 1.